The molecule has 0 aliphatic carbocycles. The van der Waals surface area contributed by atoms with Crippen molar-refractivity contribution in [1.82, 2.24) is 4.98 Å². The molecule has 0 saturated heterocycles. The van der Waals surface area contributed by atoms with E-state index in [1.54, 1.807) is 0 Å². The fraction of sp³-hybridized carbons (Fsp3) is 0. The summed E-state index contributed by atoms with van der Waals surface area (Å²) in [4.78, 5) is 4.46. The Morgan fingerprint density at radius 1 is 1.17 bits per heavy atom. The van der Waals surface area contributed by atoms with Crippen molar-refractivity contribution in [2.75, 3.05) is 0 Å². The minimum atomic E-state index is 0.548. The zero-order chi connectivity index (χ0) is 12.7. The van der Waals surface area contributed by atoms with Crippen molar-refractivity contribution in [3.05, 3.63) is 49.5 Å². The standard InChI is InChI=1S/C13H6BrClINO/c14-7-1-4-12-11(5-7)17-13(18-12)9-6-8(16)2-3-10(9)15/h1-6H. The van der Waals surface area contributed by atoms with Crippen LogP contribution < -0.4 is 0 Å². The van der Waals surface area contributed by atoms with Crippen LogP contribution in [0.3, 0.4) is 0 Å². The van der Waals surface area contributed by atoms with Gasteiger partial charge in [0.2, 0.25) is 5.89 Å². The molecule has 90 valence electrons. The summed E-state index contributed by atoms with van der Waals surface area (Å²) < 4.78 is 7.79. The highest BCUT2D eigenvalue weighted by atomic mass is 127. The van der Waals surface area contributed by atoms with Crippen LogP contribution >= 0.6 is 50.1 Å². The topological polar surface area (TPSA) is 26.0 Å². The maximum Gasteiger partial charge on any atom is 0.228 e. The second-order valence-corrected chi connectivity index (χ2v) is 6.32. The van der Waals surface area contributed by atoms with Crippen LogP contribution in [0.1, 0.15) is 0 Å². The summed E-state index contributed by atoms with van der Waals surface area (Å²) in [5, 5.41) is 0.640. The van der Waals surface area contributed by atoms with Crippen molar-refractivity contribution in [2.45, 2.75) is 0 Å². The second-order valence-electron chi connectivity index (χ2n) is 3.76. The Hall–Kier alpha value is -0.590. The lowest BCUT2D eigenvalue weighted by atomic mass is 10.2. The smallest absolute Gasteiger partial charge is 0.228 e. The highest BCUT2D eigenvalue weighted by Gasteiger charge is 2.12. The van der Waals surface area contributed by atoms with Crippen LogP contribution in [0.5, 0.6) is 0 Å². The van der Waals surface area contributed by atoms with E-state index in [0.29, 0.717) is 10.9 Å². The van der Waals surface area contributed by atoms with Crippen LogP contribution in [-0.2, 0) is 0 Å². The quantitative estimate of drug-likeness (QED) is 0.472. The molecule has 0 spiro atoms. The van der Waals surface area contributed by atoms with Gasteiger partial charge in [-0.2, -0.15) is 0 Å². The maximum absolute atomic E-state index is 6.18. The second kappa shape index (κ2) is 4.83. The molecule has 0 amide bonds. The first kappa shape index (κ1) is 12.4. The lowest BCUT2D eigenvalue weighted by Gasteiger charge is -1.99. The number of hydrogen-bond acceptors (Lipinski definition) is 2. The molecular weight excluding hydrogens is 428 g/mol. The first-order valence-electron chi connectivity index (χ1n) is 5.15. The summed E-state index contributed by atoms with van der Waals surface area (Å²) in [6.07, 6.45) is 0. The average molecular weight is 434 g/mol. The van der Waals surface area contributed by atoms with E-state index in [1.165, 1.54) is 0 Å². The first-order valence-corrected chi connectivity index (χ1v) is 7.40. The van der Waals surface area contributed by atoms with E-state index in [0.717, 1.165) is 24.7 Å². The predicted octanol–water partition coefficient (Wildman–Crippen LogP) is 5.52. The fourth-order valence-electron chi connectivity index (χ4n) is 1.68. The molecule has 0 aliphatic rings. The van der Waals surface area contributed by atoms with Crippen LogP contribution in [0.4, 0.5) is 0 Å². The molecule has 0 saturated carbocycles. The summed E-state index contributed by atoms with van der Waals surface area (Å²) in [6.45, 7) is 0. The Bertz CT molecular complexity index is 741. The highest BCUT2D eigenvalue weighted by Crippen LogP contribution is 2.31. The summed E-state index contributed by atoms with van der Waals surface area (Å²) in [7, 11) is 0. The molecule has 5 heteroatoms. The molecule has 18 heavy (non-hydrogen) atoms. The van der Waals surface area contributed by atoms with Gasteiger partial charge in [-0.1, -0.05) is 27.5 Å². The number of halogens is 3. The van der Waals surface area contributed by atoms with E-state index >= 15 is 0 Å². The molecule has 0 fully saturated rings. The van der Waals surface area contributed by atoms with Crippen LogP contribution in [-0.4, -0.2) is 4.98 Å². The van der Waals surface area contributed by atoms with E-state index in [2.05, 4.69) is 43.5 Å². The van der Waals surface area contributed by atoms with Crippen molar-refractivity contribution in [2.24, 2.45) is 0 Å². The number of oxazole rings is 1. The van der Waals surface area contributed by atoms with Crippen LogP contribution in [0, 0.1) is 3.57 Å². The molecule has 3 rings (SSSR count). The van der Waals surface area contributed by atoms with E-state index in [9.17, 15) is 0 Å². The van der Waals surface area contributed by atoms with Gasteiger partial charge in [0.1, 0.15) is 5.52 Å². The molecule has 0 atom stereocenters. The molecule has 2 aromatic carbocycles. The normalized spacial score (nSPS) is 11.1. The minimum absolute atomic E-state index is 0.548. The molecule has 2 nitrogen and oxygen atoms in total. The Labute approximate surface area is 131 Å². The number of hydrogen-bond donors (Lipinski definition) is 0. The molecule has 0 unspecified atom stereocenters. The number of nitrogens with zero attached hydrogens (tertiary/aromatic N) is 1. The third-order valence-corrected chi connectivity index (χ3v) is 4.00. The highest BCUT2D eigenvalue weighted by molar-refractivity contribution is 14.1. The average Bonchev–Trinajstić information content (AvgIpc) is 2.74. The molecule has 0 aliphatic heterocycles. The molecule has 0 N–H and O–H groups in total. The molecule has 3 aromatic rings. The van der Waals surface area contributed by atoms with Crippen LogP contribution in [0.25, 0.3) is 22.6 Å². The largest absolute Gasteiger partial charge is 0.436 e. The van der Waals surface area contributed by atoms with Crippen LogP contribution in [0.2, 0.25) is 5.02 Å². The third-order valence-electron chi connectivity index (χ3n) is 2.51. The van der Waals surface area contributed by atoms with E-state index in [4.69, 9.17) is 16.0 Å². The number of aromatic nitrogens is 1. The molecule has 1 aromatic heterocycles. The monoisotopic (exact) mass is 433 g/mol. The van der Waals surface area contributed by atoms with Gasteiger partial charge in [0.15, 0.2) is 5.58 Å². The van der Waals surface area contributed by atoms with Gasteiger partial charge < -0.3 is 4.42 Å². The SMILES string of the molecule is Clc1ccc(I)cc1-c1nc2cc(Br)ccc2o1. The molecule has 0 bridgehead atoms. The van der Waals surface area contributed by atoms with Gasteiger partial charge in [0.05, 0.1) is 10.6 Å². The lowest BCUT2D eigenvalue weighted by Crippen LogP contribution is -1.81. The number of fused-ring (bicyclic) bond motifs is 1. The summed E-state index contributed by atoms with van der Waals surface area (Å²) >= 11 is 11.8. The van der Waals surface area contributed by atoms with Crippen molar-refractivity contribution >= 4 is 61.2 Å². The Kier molecular flexibility index (Phi) is 3.34. The zero-order valence-electron chi connectivity index (χ0n) is 8.95. The van der Waals surface area contributed by atoms with E-state index < -0.39 is 0 Å². The molecule has 1 heterocycles. The number of benzene rings is 2. The van der Waals surface area contributed by atoms with Gasteiger partial charge in [-0.05, 0) is 59.0 Å². The maximum atomic E-state index is 6.18. The van der Waals surface area contributed by atoms with Gasteiger partial charge >= 0.3 is 0 Å². The van der Waals surface area contributed by atoms with Gasteiger partial charge in [0, 0.05) is 8.04 Å². The van der Waals surface area contributed by atoms with Gasteiger partial charge in [0.25, 0.3) is 0 Å². The third kappa shape index (κ3) is 2.29. The van der Waals surface area contributed by atoms with E-state index in [-0.39, 0.29) is 0 Å². The predicted molar refractivity (Wildman–Crippen MR) is 84.9 cm³/mol. The first-order chi connectivity index (χ1) is 8.63. The fourth-order valence-corrected chi connectivity index (χ4v) is 2.72. The Morgan fingerprint density at radius 2 is 2.00 bits per heavy atom. The Morgan fingerprint density at radius 3 is 2.83 bits per heavy atom. The summed E-state index contributed by atoms with van der Waals surface area (Å²) in [5.74, 6) is 0.548. The number of rotatable bonds is 1. The van der Waals surface area contributed by atoms with Crippen molar-refractivity contribution in [1.29, 1.82) is 0 Å². The summed E-state index contributed by atoms with van der Waals surface area (Å²) in [6, 6.07) is 11.5. The Balaban J connectivity index is 2.22. The summed E-state index contributed by atoms with van der Waals surface area (Å²) in [5.41, 5.74) is 2.38. The molecule has 0 radical (unpaired) electrons. The van der Waals surface area contributed by atoms with Crippen LogP contribution in [0.15, 0.2) is 45.3 Å². The van der Waals surface area contributed by atoms with Crippen molar-refractivity contribution < 1.29 is 4.42 Å². The lowest BCUT2D eigenvalue weighted by molar-refractivity contribution is 0.620. The van der Waals surface area contributed by atoms with Gasteiger partial charge in [-0.25, -0.2) is 4.98 Å². The van der Waals surface area contributed by atoms with Crippen molar-refractivity contribution in [3.63, 3.8) is 0 Å². The van der Waals surface area contributed by atoms with Gasteiger partial charge in [-0.3, -0.25) is 0 Å². The van der Waals surface area contributed by atoms with Crippen molar-refractivity contribution in [3.8, 4) is 11.5 Å². The molecular formula is C13H6BrClINO. The minimum Gasteiger partial charge on any atom is -0.436 e. The van der Waals surface area contributed by atoms with E-state index in [1.807, 2.05) is 36.4 Å². The van der Waals surface area contributed by atoms with Gasteiger partial charge in [-0.15, -0.1) is 0 Å². The zero-order valence-corrected chi connectivity index (χ0v) is 13.5.